The zero-order chi connectivity index (χ0) is 14.0. The van der Waals surface area contributed by atoms with Gasteiger partial charge in [0.15, 0.2) is 0 Å². The van der Waals surface area contributed by atoms with E-state index in [4.69, 9.17) is 5.73 Å². The van der Waals surface area contributed by atoms with E-state index in [1.165, 1.54) is 10.4 Å². The average Bonchev–Trinajstić information content (AvgIpc) is 2.37. The highest BCUT2D eigenvalue weighted by atomic mass is 32.2. The molecule has 1 fully saturated rings. The van der Waals surface area contributed by atoms with Gasteiger partial charge < -0.3 is 5.73 Å². The molecule has 0 saturated carbocycles. The minimum Gasteiger partial charge on any atom is -0.399 e. The average molecular weight is 304 g/mol. The van der Waals surface area contributed by atoms with Gasteiger partial charge in [-0.05, 0) is 24.6 Å². The summed E-state index contributed by atoms with van der Waals surface area (Å²) in [6, 6.07) is 3.44. The summed E-state index contributed by atoms with van der Waals surface area (Å²) < 4.78 is 39.6. The molecule has 2 rings (SSSR count). The molecule has 1 heterocycles. The molecule has 1 unspecified atom stereocenters. The number of sulfonamides is 1. The minimum absolute atomic E-state index is 0.0632. The molecule has 1 aliphatic rings. The molecule has 19 heavy (non-hydrogen) atoms. The molecule has 1 saturated heterocycles. The molecular formula is C12H17FN2O2S2. The maximum atomic E-state index is 13.3. The maximum absolute atomic E-state index is 13.3. The molecule has 1 atom stereocenters. The fraction of sp³-hybridized carbons (Fsp3) is 0.500. The van der Waals surface area contributed by atoms with E-state index in [2.05, 4.69) is 0 Å². The monoisotopic (exact) mass is 304 g/mol. The van der Waals surface area contributed by atoms with E-state index < -0.39 is 15.8 Å². The highest BCUT2D eigenvalue weighted by molar-refractivity contribution is 8.00. The third-order valence-electron chi connectivity index (χ3n) is 3.09. The van der Waals surface area contributed by atoms with Gasteiger partial charge in [-0.25, -0.2) is 12.8 Å². The first-order chi connectivity index (χ1) is 8.93. The first-order valence-corrected chi connectivity index (χ1v) is 8.60. The Morgan fingerprint density at radius 1 is 1.47 bits per heavy atom. The predicted octanol–water partition coefficient (Wildman–Crippen LogP) is 1.92. The molecule has 2 N–H and O–H groups in total. The highest BCUT2D eigenvalue weighted by Crippen LogP contribution is 2.27. The number of hydrogen-bond acceptors (Lipinski definition) is 4. The largest absolute Gasteiger partial charge is 0.399 e. The fourth-order valence-corrected chi connectivity index (χ4v) is 4.98. The van der Waals surface area contributed by atoms with Crippen LogP contribution in [0.2, 0.25) is 0 Å². The molecule has 1 aliphatic heterocycles. The molecule has 0 aromatic heterocycles. The van der Waals surface area contributed by atoms with Crippen molar-refractivity contribution >= 4 is 27.5 Å². The van der Waals surface area contributed by atoms with Gasteiger partial charge >= 0.3 is 0 Å². The molecule has 0 bridgehead atoms. The lowest BCUT2D eigenvalue weighted by Gasteiger charge is -2.31. The van der Waals surface area contributed by atoms with Gasteiger partial charge in [0.1, 0.15) is 5.82 Å². The lowest BCUT2D eigenvalue weighted by molar-refractivity contribution is 0.415. The quantitative estimate of drug-likeness (QED) is 0.867. The third-order valence-corrected chi connectivity index (χ3v) is 6.30. The van der Waals surface area contributed by atoms with Crippen molar-refractivity contribution in [3.05, 3.63) is 24.0 Å². The fourth-order valence-electron chi connectivity index (χ4n) is 2.04. The zero-order valence-corrected chi connectivity index (χ0v) is 12.3. The number of thioether (sulfide) groups is 1. The molecule has 106 valence electrons. The molecule has 0 radical (unpaired) electrons. The summed E-state index contributed by atoms with van der Waals surface area (Å²) in [5.74, 6) is 0.139. The van der Waals surface area contributed by atoms with Gasteiger partial charge in [-0.3, -0.25) is 0 Å². The Morgan fingerprint density at radius 2 is 2.21 bits per heavy atom. The van der Waals surface area contributed by atoms with Crippen LogP contribution in [0.1, 0.15) is 13.3 Å². The first kappa shape index (κ1) is 14.6. The summed E-state index contributed by atoms with van der Waals surface area (Å²) in [7, 11) is -3.65. The molecule has 4 nitrogen and oxygen atoms in total. The SMILES string of the molecule is CCC1CN(S(=O)(=O)c2cc(N)cc(F)c2)CCS1. The Balaban J connectivity index is 2.31. The van der Waals surface area contributed by atoms with E-state index in [-0.39, 0.29) is 10.6 Å². The topological polar surface area (TPSA) is 63.4 Å². The van der Waals surface area contributed by atoms with Crippen LogP contribution in [0.3, 0.4) is 0 Å². The van der Waals surface area contributed by atoms with E-state index in [9.17, 15) is 12.8 Å². The van der Waals surface area contributed by atoms with Gasteiger partial charge in [0.25, 0.3) is 0 Å². The number of hydrogen-bond donors (Lipinski definition) is 1. The number of halogens is 1. The molecule has 0 aliphatic carbocycles. The van der Waals surface area contributed by atoms with Crippen molar-refractivity contribution in [3.8, 4) is 0 Å². The maximum Gasteiger partial charge on any atom is 0.243 e. The van der Waals surface area contributed by atoms with Crippen molar-refractivity contribution in [2.75, 3.05) is 24.6 Å². The Hall–Kier alpha value is -0.790. The summed E-state index contributed by atoms with van der Waals surface area (Å²) in [6.07, 6.45) is 0.919. The van der Waals surface area contributed by atoms with Crippen molar-refractivity contribution in [2.45, 2.75) is 23.5 Å². The van der Waals surface area contributed by atoms with Crippen LogP contribution in [0.4, 0.5) is 10.1 Å². The van der Waals surface area contributed by atoms with Gasteiger partial charge in [0.2, 0.25) is 10.0 Å². The van der Waals surface area contributed by atoms with Crippen molar-refractivity contribution in [3.63, 3.8) is 0 Å². The molecule has 1 aromatic carbocycles. The van der Waals surface area contributed by atoms with E-state index >= 15 is 0 Å². The molecule has 1 aromatic rings. The summed E-state index contributed by atoms with van der Waals surface area (Å²) in [4.78, 5) is -0.0632. The number of benzene rings is 1. The predicted molar refractivity (Wildman–Crippen MR) is 76.1 cm³/mol. The molecule has 0 amide bonds. The van der Waals surface area contributed by atoms with Gasteiger partial charge in [-0.15, -0.1) is 0 Å². The van der Waals surface area contributed by atoms with Crippen LogP contribution in [0, 0.1) is 5.82 Å². The highest BCUT2D eigenvalue weighted by Gasteiger charge is 2.30. The Kier molecular flexibility index (Phi) is 4.37. The van der Waals surface area contributed by atoms with Crippen molar-refractivity contribution in [1.29, 1.82) is 0 Å². The Bertz CT molecular complexity index is 543. The third kappa shape index (κ3) is 3.21. The van der Waals surface area contributed by atoms with Crippen molar-refractivity contribution < 1.29 is 12.8 Å². The van der Waals surface area contributed by atoms with Gasteiger partial charge in [-0.2, -0.15) is 16.1 Å². The van der Waals surface area contributed by atoms with Crippen molar-refractivity contribution in [2.24, 2.45) is 0 Å². The lowest BCUT2D eigenvalue weighted by atomic mass is 10.3. The number of rotatable bonds is 3. The standard InChI is InChI=1S/C12H17FN2O2S2/c1-2-11-8-15(3-4-18-11)19(16,17)12-6-9(13)5-10(14)7-12/h5-7,11H,2-4,8,14H2,1H3. The summed E-state index contributed by atoms with van der Waals surface area (Å²) in [5.41, 5.74) is 5.63. The molecule has 0 spiro atoms. The number of anilines is 1. The minimum atomic E-state index is -3.65. The smallest absolute Gasteiger partial charge is 0.243 e. The number of nitrogens with zero attached hydrogens (tertiary/aromatic N) is 1. The van der Waals surface area contributed by atoms with Crippen LogP contribution in [0.25, 0.3) is 0 Å². The second-order valence-corrected chi connectivity index (χ2v) is 7.83. The van der Waals surface area contributed by atoms with E-state index in [0.29, 0.717) is 18.3 Å². The summed E-state index contributed by atoms with van der Waals surface area (Å²) in [6.45, 7) is 2.97. The van der Waals surface area contributed by atoms with Crippen LogP contribution >= 0.6 is 11.8 Å². The number of nitrogens with two attached hydrogens (primary N) is 1. The summed E-state index contributed by atoms with van der Waals surface area (Å²) in [5, 5.41) is 0.300. The second kappa shape index (κ2) is 5.68. The van der Waals surface area contributed by atoms with Crippen molar-refractivity contribution in [1.82, 2.24) is 4.31 Å². The van der Waals surface area contributed by atoms with Gasteiger partial charge in [0, 0.05) is 29.8 Å². The first-order valence-electron chi connectivity index (χ1n) is 6.11. The molecule has 7 heteroatoms. The van der Waals surface area contributed by atoms with E-state index in [0.717, 1.165) is 24.3 Å². The lowest BCUT2D eigenvalue weighted by Crippen LogP contribution is -2.41. The van der Waals surface area contributed by atoms with Crippen LogP contribution in [0.5, 0.6) is 0 Å². The van der Waals surface area contributed by atoms with Crippen LogP contribution in [-0.2, 0) is 10.0 Å². The van der Waals surface area contributed by atoms with E-state index in [1.54, 1.807) is 11.8 Å². The zero-order valence-electron chi connectivity index (χ0n) is 10.7. The van der Waals surface area contributed by atoms with Gasteiger partial charge in [0.05, 0.1) is 4.90 Å². The Labute approximate surface area is 117 Å². The van der Waals surface area contributed by atoms with Crippen LogP contribution in [-0.4, -0.2) is 36.8 Å². The number of nitrogen functional groups attached to an aromatic ring is 1. The van der Waals surface area contributed by atoms with Crippen LogP contribution < -0.4 is 5.73 Å². The van der Waals surface area contributed by atoms with E-state index in [1.807, 2.05) is 6.92 Å². The molecular weight excluding hydrogens is 287 g/mol. The normalized spacial score (nSPS) is 21.5. The van der Waals surface area contributed by atoms with Gasteiger partial charge in [-0.1, -0.05) is 6.92 Å². The Morgan fingerprint density at radius 3 is 2.84 bits per heavy atom. The second-order valence-electron chi connectivity index (χ2n) is 4.48. The van der Waals surface area contributed by atoms with Crippen LogP contribution in [0.15, 0.2) is 23.1 Å². The summed E-state index contributed by atoms with van der Waals surface area (Å²) >= 11 is 1.78.